The molecule has 0 radical (unpaired) electrons. The summed E-state index contributed by atoms with van der Waals surface area (Å²) in [6.07, 6.45) is 0. The zero-order valence-electron chi connectivity index (χ0n) is 19.6. The van der Waals surface area contributed by atoms with E-state index < -0.39 is 5.97 Å². The van der Waals surface area contributed by atoms with Crippen LogP contribution < -0.4 is 4.90 Å². The summed E-state index contributed by atoms with van der Waals surface area (Å²) in [5, 5.41) is 2.25. The Morgan fingerprint density at radius 1 is 0.914 bits per heavy atom. The predicted molar refractivity (Wildman–Crippen MR) is 136 cm³/mol. The van der Waals surface area contributed by atoms with Crippen LogP contribution in [0.2, 0.25) is 0 Å². The van der Waals surface area contributed by atoms with Gasteiger partial charge in [-0.15, -0.1) is 11.3 Å². The molecule has 35 heavy (non-hydrogen) atoms. The number of aromatic nitrogens is 1. The standard InChI is InChI=1S/C28H24N2O4S/c1-18-13-14-25(19(2)15-18)30(20(3)31)28-29-22(17-35-28)16-34-27(33)24-12-8-7-11-23(24)26(32)21-9-5-4-6-10-21/h4-15,17H,16H2,1-3H3. The minimum absolute atomic E-state index is 0.0815. The Hall–Kier alpha value is -4.10. The molecular formula is C28H24N2O4S. The third kappa shape index (κ3) is 5.36. The first-order valence-electron chi connectivity index (χ1n) is 11.0. The highest BCUT2D eigenvalue weighted by atomic mass is 32.1. The number of benzene rings is 3. The molecule has 1 heterocycles. The molecule has 0 spiro atoms. The number of hydrogen-bond acceptors (Lipinski definition) is 6. The number of rotatable bonds is 7. The molecule has 0 aliphatic heterocycles. The van der Waals surface area contributed by atoms with Crippen molar-refractivity contribution in [3.05, 3.63) is 112 Å². The lowest BCUT2D eigenvalue weighted by atomic mass is 9.98. The Bertz CT molecular complexity index is 1400. The summed E-state index contributed by atoms with van der Waals surface area (Å²) < 4.78 is 5.49. The average molecular weight is 485 g/mol. The molecule has 0 atom stereocenters. The van der Waals surface area contributed by atoms with Crippen molar-refractivity contribution >= 4 is 39.8 Å². The number of thiazole rings is 1. The van der Waals surface area contributed by atoms with Gasteiger partial charge in [-0.3, -0.25) is 14.5 Å². The smallest absolute Gasteiger partial charge is 0.339 e. The Kier molecular flexibility index (Phi) is 7.17. The van der Waals surface area contributed by atoms with E-state index in [9.17, 15) is 14.4 Å². The van der Waals surface area contributed by atoms with Crippen LogP contribution in [-0.4, -0.2) is 22.6 Å². The van der Waals surface area contributed by atoms with Crippen LogP contribution in [0.4, 0.5) is 10.8 Å². The van der Waals surface area contributed by atoms with Crippen LogP contribution >= 0.6 is 11.3 Å². The fraction of sp³-hybridized carbons (Fsp3) is 0.143. The molecule has 176 valence electrons. The molecule has 6 nitrogen and oxygen atoms in total. The van der Waals surface area contributed by atoms with Gasteiger partial charge in [-0.1, -0.05) is 66.2 Å². The maximum atomic E-state index is 12.9. The van der Waals surface area contributed by atoms with Gasteiger partial charge < -0.3 is 4.74 Å². The van der Waals surface area contributed by atoms with Crippen molar-refractivity contribution in [1.82, 2.24) is 4.98 Å². The molecule has 0 saturated heterocycles. The number of anilines is 2. The first-order valence-corrected chi connectivity index (χ1v) is 11.9. The average Bonchev–Trinajstić information content (AvgIpc) is 3.32. The van der Waals surface area contributed by atoms with Crippen LogP contribution in [0.15, 0.2) is 78.2 Å². The summed E-state index contributed by atoms with van der Waals surface area (Å²) in [4.78, 5) is 44.3. The topological polar surface area (TPSA) is 76.6 Å². The van der Waals surface area contributed by atoms with Gasteiger partial charge >= 0.3 is 5.97 Å². The summed E-state index contributed by atoms with van der Waals surface area (Å²) in [5.74, 6) is -1.03. The molecular weight excluding hydrogens is 460 g/mol. The van der Waals surface area contributed by atoms with E-state index in [-0.39, 0.29) is 29.4 Å². The molecule has 7 heteroatoms. The molecule has 1 amide bonds. The van der Waals surface area contributed by atoms with Gasteiger partial charge in [-0.05, 0) is 31.5 Å². The SMILES string of the molecule is CC(=O)N(c1nc(COC(=O)c2ccccc2C(=O)c2ccccc2)cs1)c1ccc(C)cc1C. The van der Waals surface area contributed by atoms with Crippen molar-refractivity contribution < 1.29 is 19.1 Å². The van der Waals surface area contributed by atoms with Gasteiger partial charge in [-0.2, -0.15) is 0 Å². The van der Waals surface area contributed by atoms with E-state index in [1.54, 1.807) is 58.8 Å². The molecule has 0 fully saturated rings. The minimum Gasteiger partial charge on any atom is -0.456 e. The quantitative estimate of drug-likeness (QED) is 0.236. The lowest BCUT2D eigenvalue weighted by molar-refractivity contribution is -0.115. The highest BCUT2D eigenvalue weighted by Gasteiger charge is 2.22. The third-order valence-electron chi connectivity index (χ3n) is 5.42. The van der Waals surface area contributed by atoms with Crippen LogP contribution in [0.5, 0.6) is 0 Å². The second-order valence-corrected chi connectivity index (χ2v) is 8.92. The lowest BCUT2D eigenvalue weighted by Crippen LogP contribution is -2.23. The zero-order chi connectivity index (χ0) is 24.9. The van der Waals surface area contributed by atoms with E-state index in [1.807, 2.05) is 38.1 Å². The maximum absolute atomic E-state index is 12.9. The number of hydrogen-bond donors (Lipinski definition) is 0. The zero-order valence-corrected chi connectivity index (χ0v) is 20.5. The fourth-order valence-electron chi connectivity index (χ4n) is 3.75. The Morgan fingerprint density at radius 3 is 2.29 bits per heavy atom. The Labute approximate surface area is 207 Å². The summed E-state index contributed by atoms with van der Waals surface area (Å²) in [6, 6.07) is 21.2. The first kappa shape index (κ1) is 24.0. The van der Waals surface area contributed by atoms with Crippen molar-refractivity contribution in [3.63, 3.8) is 0 Å². The largest absolute Gasteiger partial charge is 0.456 e. The maximum Gasteiger partial charge on any atom is 0.339 e. The molecule has 1 aromatic heterocycles. The van der Waals surface area contributed by atoms with Crippen LogP contribution in [0.1, 0.15) is 50.0 Å². The second-order valence-electron chi connectivity index (χ2n) is 8.08. The molecule has 3 aromatic carbocycles. The number of esters is 1. The molecule has 0 aliphatic carbocycles. The van der Waals surface area contributed by atoms with E-state index in [0.29, 0.717) is 16.4 Å². The highest BCUT2D eigenvalue weighted by molar-refractivity contribution is 7.14. The summed E-state index contributed by atoms with van der Waals surface area (Å²) in [6.45, 7) is 5.35. The van der Waals surface area contributed by atoms with E-state index in [4.69, 9.17) is 4.74 Å². The monoisotopic (exact) mass is 484 g/mol. The predicted octanol–water partition coefficient (Wildman–Crippen LogP) is 6.03. The van der Waals surface area contributed by atoms with E-state index in [0.717, 1.165) is 16.8 Å². The number of amides is 1. The van der Waals surface area contributed by atoms with Crippen molar-refractivity contribution in [2.45, 2.75) is 27.4 Å². The lowest BCUT2D eigenvalue weighted by Gasteiger charge is -2.20. The van der Waals surface area contributed by atoms with E-state index >= 15 is 0 Å². The van der Waals surface area contributed by atoms with E-state index in [2.05, 4.69) is 4.98 Å². The van der Waals surface area contributed by atoms with Gasteiger partial charge in [0.25, 0.3) is 0 Å². The molecule has 0 bridgehead atoms. The van der Waals surface area contributed by atoms with Crippen LogP contribution in [0, 0.1) is 13.8 Å². The van der Waals surface area contributed by atoms with Crippen molar-refractivity contribution in [3.8, 4) is 0 Å². The Morgan fingerprint density at radius 2 is 1.60 bits per heavy atom. The number of ketones is 1. The van der Waals surface area contributed by atoms with Crippen molar-refractivity contribution in [2.75, 3.05) is 4.90 Å². The number of carbonyl (C=O) groups excluding carboxylic acids is 3. The number of carbonyl (C=O) groups is 3. The summed E-state index contributed by atoms with van der Waals surface area (Å²) in [7, 11) is 0. The molecule has 4 aromatic rings. The Balaban J connectivity index is 1.51. The van der Waals surface area contributed by atoms with Crippen molar-refractivity contribution in [2.24, 2.45) is 0 Å². The van der Waals surface area contributed by atoms with Gasteiger partial charge in [0.2, 0.25) is 5.91 Å². The second kappa shape index (κ2) is 10.4. The molecule has 0 aliphatic rings. The molecule has 0 saturated carbocycles. The third-order valence-corrected chi connectivity index (χ3v) is 6.29. The number of nitrogens with zero attached hydrogens (tertiary/aromatic N) is 2. The van der Waals surface area contributed by atoms with Gasteiger partial charge in [0.05, 0.1) is 16.9 Å². The normalized spacial score (nSPS) is 10.6. The number of ether oxygens (including phenoxy) is 1. The number of aryl methyl sites for hydroxylation is 2. The van der Waals surface area contributed by atoms with Crippen LogP contribution in [0.3, 0.4) is 0 Å². The molecule has 4 rings (SSSR count). The van der Waals surface area contributed by atoms with E-state index in [1.165, 1.54) is 18.3 Å². The van der Waals surface area contributed by atoms with Gasteiger partial charge in [0, 0.05) is 23.4 Å². The van der Waals surface area contributed by atoms with Gasteiger partial charge in [0.15, 0.2) is 10.9 Å². The molecule has 0 unspecified atom stereocenters. The first-order chi connectivity index (χ1) is 16.8. The summed E-state index contributed by atoms with van der Waals surface area (Å²) in [5.41, 5.74) is 4.30. The van der Waals surface area contributed by atoms with Crippen LogP contribution in [-0.2, 0) is 16.1 Å². The van der Waals surface area contributed by atoms with Gasteiger partial charge in [0.1, 0.15) is 6.61 Å². The van der Waals surface area contributed by atoms with Crippen LogP contribution in [0.25, 0.3) is 0 Å². The van der Waals surface area contributed by atoms with Gasteiger partial charge in [-0.25, -0.2) is 9.78 Å². The fourth-order valence-corrected chi connectivity index (χ4v) is 4.61. The molecule has 0 N–H and O–H groups in total. The summed E-state index contributed by atoms with van der Waals surface area (Å²) >= 11 is 1.30. The van der Waals surface area contributed by atoms with Crippen molar-refractivity contribution in [1.29, 1.82) is 0 Å². The minimum atomic E-state index is -0.614. The highest BCUT2D eigenvalue weighted by Crippen LogP contribution is 2.32.